The molecule has 1 saturated heterocycles. The van der Waals surface area contributed by atoms with Gasteiger partial charge in [-0.25, -0.2) is 4.79 Å². The van der Waals surface area contributed by atoms with Gasteiger partial charge in [0.15, 0.2) is 0 Å². The Morgan fingerprint density at radius 2 is 1.88 bits per heavy atom. The van der Waals surface area contributed by atoms with Crippen molar-refractivity contribution >= 4 is 17.8 Å². The Morgan fingerprint density at radius 1 is 1.23 bits per heavy atom. The van der Waals surface area contributed by atoms with Crippen LogP contribution in [0.15, 0.2) is 24.3 Å². The molecule has 0 saturated carbocycles. The summed E-state index contributed by atoms with van der Waals surface area (Å²) in [5.74, 6) is -0.674. The summed E-state index contributed by atoms with van der Waals surface area (Å²) >= 11 is 0. The molecule has 0 unspecified atom stereocenters. The van der Waals surface area contributed by atoms with Crippen molar-refractivity contribution in [2.75, 3.05) is 27.2 Å². The van der Waals surface area contributed by atoms with Crippen LogP contribution in [0, 0.1) is 0 Å². The number of likely N-dealkylation sites (N-methyl/N-ethyl adjacent to an activating group) is 1. The molecule has 1 heterocycles. The molecule has 6 nitrogen and oxygen atoms in total. The fourth-order valence-electron chi connectivity index (χ4n) is 2.75. The van der Waals surface area contributed by atoms with Crippen LogP contribution in [-0.2, 0) is 22.3 Å². The van der Waals surface area contributed by atoms with Crippen molar-refractivity contribution in [2.45, 2.75) is 25.6 Å². The molecule has 1 aromatic carbocycles. The molecule has 1 aliphatic rings. The second-order valence-corrected chi connectivity index (χ2v) is 6.19. The Hall–Kier alpha value is -2.58. The highest BCUT2D eigenvalue weighted by Gasteiger charge is 2.34. The summed E-state index contributed by atoms with van der Waals surface area (Å²) in [5.41, 5.74) is -0.752. The van der Waals surface area contributed by atoms with Crippen molar-refractivity contribution in [3.63, 3.8) is 0 Å². The number of hydrogen-bond donors (Lipinski definition) is 0. The number of urea groups is 1. The summed E-state index contributed by atoms with van der Waals surface area (Å²) in [5, 5.41) is 0. The largest absolute Gasteiger partial charge is 0.416 e. The van der Waals surface area contributed by atoms with Gasteiger partial charge in [0, 0.05) is 33.6 Å². The number of benzene rings is 1. The second kappa shape index (κ2) is 7.76. The fourth-order valence-corrected chi connectivity index (χ4v) is 2.75. The van der Waals surface area contributed by atoms with Gasteiger partial charge in [-0.3, -0.25) is 14.5 Å². The van der Waals surface area contributed by atoms with Gasteiger partial charge >= 0.3 is 12.2 Å². The zero-order chi connectivity index (χ0) is 19.5. The number of carbonyl (C=O) groups is 3. The molecular formula is C17H20F3N3O3. The highest BCUT2D eigenvalue weighted by atomic mass is 19.4. The minimum absolute atomic E-state index is 0.0148. The maximum absolute atomic E-state index is 13.0. The van der Waals surface area contributed by atoms with E-state index in [-0.39, 0.29) is 49.9 Å². The standard InChI is InChI=1S/C17H20F3N3O3/c1-21(10-12-6-3-4-7-13(12)17(18,19)20)14(24)8-5-9-23-15(25)11-22(2)16(23)26/h3-4,6-7H,5,8-11H2,1-2H3. The molecule has 26 heavy (non-hydrogen) atoms. The summed E-state index contributed by atoms with van der Waals surface area (Å²) in [6, 6.07) is 4.70. The molecule has 0 aliphatic carbocycles. The van der Waals surface area contributed by atoms with Crippen LogP contribution >= 0.6 is 0 Å². The van der Waals surface area contributed by atoms with E-state index in [4.69, 9.17) is 0 Å². The summed E-state index contributed by atoms with van der Waals surface area (Å²) in [6.45, 7) is -0.0412. The van der Waals surface area contributed by atoms with Gasteiger partial charge in [-0.05, 0) is 18.1 Å². The van der Waals surface area contributed by atoms with Crippen LogP contribution in [0.5, 0.6) is 0 Å². The van der Waals surface area contributed by atoms with Crippen LogP contribution in [0.4, 0.5) is 18.0 Å². The maximum Gasteiger partial charge on any atom is 0.416 e. The first-order chi connectivity index (χ1) is 12.1. The quantitative estimate of drug-likeness (QED) is 0.721. The number of amides is 4. The summed E-state index contributed by atoms with van der Waals surface area (Å²) in [7, 11) is 2.94. The molecule has 0 atom stereocenters. The molecule has 0 N–H and O–H groups in total. The van der Waals surface area contributed by atoms with Crippen LogP contribution in [0.3, 0.4) is 0 Å². The van der Waals surface area contributed by atoms with Gasteiger partial charge in [0.05, 0.1) is 5.56 Å². The van der Waals surface area contributed by atoms with Gasteiger partial charge in [0.2, 0.25) is 11.8 Å². The zero-order valence-electron chi connectivity index (χ0n) is 14.5. The number of carbonyl (C=O) groups excluding carboxylic acids is 3. The van der Waals surface area contributed by atoms with E-state index in [1.807, 2.05) is 0 Å². The normalized spacial score (nSPS) is 15.0. The summed E-state index contributed by atoms with van der Waals surface area (Å²) in [4.78, 5) is 39.1. The highest BCUT2D eigenvalue weighted by Crippen LogP contribution is 2.32. The number of imide groups is 1. The smallest absolute Gasteiger partial charge is 0.341 e. The van der Waals surface area contributed by atoms with E-state index in [0.29, 0.717) is 0 Å². The minimum Gasteiger partial charge on any atom is -0.341 e. The lowest BCUT2D eigenvalue weighted by atomic mass is 10.1. The zero-order valence-corrected chi connectivity index (χ0v) is 14.5. The predicted octanol–water partition coefficient (Wildman–Crippen LogP) is 2.34. The Morgan fingerprint density at radius 3 is 2.46 bits per heavy atom. The Kier molecular flexibility index (Phi) is 5.89. The van der Waals surface area contributed by atoms with E-state index in [1.54, 1.807) is 0 Å². The third-order valence-electron chi connectivity index (χ3n) is 4.16. The summed E-state index contributed by atoms with van der Waals surface area (Å²) < 4.78 is 39.0. The minimum atomic E-state index is -4.48. The van der Waals surface area contributed by atoms with Crippen LogP contribution in [0.25, 0.3) is 0 Å². The van der Waals surface area contributed by atoms with Crippen LogP contribution in [0.2, 0.25) is 0 Å². The second-order valence-electron chi connectivity index (χ2n) is 6.19. The number of alkyl halides is 3. The van der Waals surface area contributed by atoms with E-state index in [1.165, 1.54) is 42.1 Å². The number of halogens is 3. The Balaban J connectivity index is 1.89. The number of nitrogens with zero attached hydrogens (tertiary/aromatic N) is 3. The van der Waals surface area contributed by atoms with Crippen LogP contribution < -0.4 is 0 Å². The van der Waals surface area contributed by atoms with E-state index in [0.717, 1.165) is 11.0 Å². The van der Waals surface area contributed by atoms with Gasteiger partial charge in [0.1, 0.15) is 6.54 Å². The van der Waals surface area contributed by atoms with E-state index >= 15 is 0 Å². The molecule has 0 aromatic heterocycles. The van der Waals surface area contributed by atoms with Gasteiger partial charge in [0.25, 0.3) is 0 Å². The first-order valence-corrected chi connectivity index (χ1v) is 8.05. The van der Waals surface area contributed by atoms with Crippen molar-refractivity contribution in [3.05, 3.63) is 35.4 Å². The third-order valence-corrected chi connectivity index (χ3v) is 4.16. The number of hydrogen-bond acceptors (Lipinski definition) is 3. The van der Waals surface area contributed by atoms with Crippen molar-refractivity contribution < 1.29 is 27.6 Å². The van der Waals surface area contributed by atoms with Crippen molar-refractivity contribution in [2.24, 2.45) is 0 Å². The Labute approximate surface area is 149 Å². The average molecular weight is 371 g/mol. The molecule has 0 spiro atoms. The van der Waals surface area contributed by atoms with Gasteiger partial charge in [-0.1, -0.05) is 18.2 Å². The van der Waals surface area contributed by atoms with Crippen molar-refractivity contribution in [1.82, 2.24) is 14.7 Å². The molecule has 1 fully saturated rings. The van der Waals surface area contributed by atoms with E-state index < -0.39 is 17.8 Å². The molecule has 9 heteroatoms. The maximum atomic E-state index is 13.0. The monoisotopic (exact) mass is 371 g/mol. The number of rotatable bonds is 6. The Bertz CT molecular complexity index is 706. The van der Waals surface area contributed by atoms with E-state index in [2.05, 4.69) is 0 Å². The molecule has 0 radical (unpaired) electrons. The first-order valence-electron chi connectivity index (χ1n) is 8.05. The molecule has 1 aromatic rings. The lowest BCUT2D eigenvalue weighted by Gasteiger charge is -2.21. The fraction of sp³-hybridized carbons (Fsp3) is 0.471. The molecular weight excluding hydrogens is 351 g/mol. The molecule has 0 bridgehead atoms. The first kappa shape index (κ1) is 19.7. The van der Waals surface area contributed by atoms with Crippen molar-refractivity contribution in [1.29, 1.82) is 0 Å². The predicted molar refractivity (Wildman–Crippen MR) is 86.9 cm³/mol. The van der Waals surface area contributed by atoms with E-state index in [9.17, 15) is 27.6 Å². The lowest BCUT2D eigenvalue weighted by Crippen LogP contribution is -2.33. The average Bonchev–Trinajstić information content (AvgIpc) is 2.80. The summed E-state index contributed by atoms with van der Waals surface area (Å²) in [6.07, 6.45) is -4.19. The molecule has 142 valence electrons. The molecule has 2 rings (SSSR count). The molecule has 1 aliphatic heterocycles. The van der Waals surface area contributed by atoms with Gasteiger partial charge < -0.3 is 9.80 Å². The van der Waals surface area contributed by atoms with Crippen LogP contribution in [-0.4, -0.2) is 59.7 Å². The van der Waals surface area contributed by atoms with Crippen molar-refractivity contribution in [3.8, 4) is 0 Å². The van der Waals surface area contributed by atoms with Gasteiger partial charge in [-0.15, -0.1) is 0 Å². The lowest BCUT2D eigenvalue weighted by molar-refractivity contribution is -0.139. The molecule has 4 amide bonds. The van der Waals surface area contributed by atoms with Gasteiger partial charge in [-0.2, -0.15) is 13.2 Å². The highest BCUT2D eigenvalue weighted by molar-refractivity contribution is 6.01. The van der Waals surface area contributed by atoms with Crippen LogP contribution in [0.1, 0.15) is 24.0 Å². The third kappa shape index (κ3) is 4.53. The SMILES string of the molecule is CN(Cc1ccccc1C(F)(F)F)C(=O)CCCN1C(=O)CN(C)C1=O. The topological polar surface area (TPSA) is 60.9 Å².